The topological polar surface area (TPSA) is 61.4 Å². The van der Waals surface area contributed by atoms with E-state index in [0.717, 1.165) is 5.56 Å². The Kier molecular flexibility index (Phi) is 4.05. The van der Waals surface area contributed by atoms with E-state index in [9.17, 15) is 9.90 Å². The molecule has 0 radical (unpaired) electrons. The van der Waals surface area contributed by atoms with Crippen LogP contribution in [-0.2, 0) is 0 Å². The Morgan fingerprint density at radius 1 is 1.05 bits per heavy atom. The molecule has 2 aromatic carbocycles. The molecule has 3 N–H and O–H groups in total. The Balaban J connectivity index is 1.99. The molecular weight excluding hydrogens is 252 g/mol. The number of para-hydroxylation sites is 1. The molecule has 0 aliphatic rings. The number of phenolic OH excluding ortho intramolecular Hbond substituents is 1. The van der Waals surface area contributed by atoms with E-state index in [2.05, 4.69) is 17.4 Å². The minimum absolute atomic E-state index is 0.106. The van der Waals surface area contributed by atoms with Gasteiger partial charge in [-0.15, -0.1) is 0 Å². The number of hydrogen-bond donors (Lipinski definition) is 3. The van der Waals surface area contributed by atoms with E-state index in [4.69, 9.17) is 0 Å². The number of phenols is 1. The Bertz CT molecular complexity index is 633. The van der Waals surface area contributed by atoms with Gasteiger partial charge in [0.15, 0.2) is 0 Å². The standard InChI is InChI=1S/C16H16N2O2/c1-11-7-9-13(10-8-11)16(20)18-17-12(2)14-5-3-4-6-15(14)19/h3-10,17,19H,2H2,1H3,(H,18,20). The Morgan fingerprint density at radius 3 is 2.35 bits per heavy atom. The summed E-state index contributed by atoms with van der Waals surface area (Å²) in [4.78, 5) is 11.9. The van der Waals surface area contributed by atoms with E-state index in [0.29, 0.717) is 16.8 Å². The van der Waals surface area contributed by atoms with Crippen LogP contribution in [0.3, 0.4) is 0 Å². The summed E-state index contributed by atoms with van der Waals surface area (Å²) in [6, 6.07) is 14.0. The van der Waals surface area contributed by atoms with Gasteiger partial charge in [0, 0.05) is 11.1 Å². The number of carbonyl (C=O) groups excluding carboxylic acids is 1. The molecule has 0 heterocycles. The summed E-state index contributed by atoms with van der Waals surface area (Å²) >= 11 is 0. The highest BCUT2D eigenvalue weighted by Crippen LogP contribution is 2.20. The maximum absolute atomic E-state index is 11.9. The zero-order valence-electron chi connectivity index (χ0n) is 11.2. The van der Waals surface area contributed by atoms with Gasteiger partial charge in [0.05, 0.1) is 5.70 Å². The van der Waals surface area contributed by atoms with Gasteiger partial charge in [0.2, 0.25) is 0 Å². The third-order valence-electron chi connectivity index (χ3n) is 2.87. The number of rotatable bonds is 4. The van der Waals surface area contributed by atoms with Crippen molar-refractivity contribution in [2.45, 2.75) is 6.92 Å². The molecule has 2 rings (SSSR count). The minimum atomic E-state index is -0.262. The first-order valence-corrected chi connectivity index (χ1v) is 6.18. The maximum atomic E-state index is 11.9. The average molecular weight is 268 g/mol. The van der Waals surface area contributed by atoms with Crippen LogP contribution in [0.5, 0.6) is 5.75 Å². The van der Waals surface area contributed by atoms with Crippen molar-refractivity contribution in [3.05, 3.63) is 71.8 Å². The minimum Gasteiger partial charge on any atom is -0.507 e. The summed E-state index contributed by atoms with van der Waals surface area (Å²) in [7, 11) is 0. The highest BCUT2D eigenvalue weighted by Gasteiger charge is 2.07. The summed E-state index contributed by atoms with van der Waals surface area (Å²) in [5.41, 5.74) is 7.84. The van der Waals surface area contributed by atoms with Crippen molar-refractivity contribution in [2.24, 2.45) is 0 Å². The molecule has 0 spiro atoms. The van der Waals surface area contributed by atoms with E-state index in [1.54, 1.807) is 36.4 Å². The Labute approximate surface area is 117 Å². The lowest BCUT2D eigenvalue weighted by Crippen LogP contribution is -2.35. The predicted octanol–water partition coefficient (Wildman–Crippen LogP) is 2.61. The Morgan fingerprint density at radius 2 is 1.70 bits per heavy atom. The first-order chi connectivity index (χ1) is 9.58. The van der Waals surface area contributed by atoms with Crippen LogP contribution in [0.15, 0.2) is 55.1 Å². The fourth-order valence-corrected chi connectivity index (χ4v) is 1.71. The lowest BCUT2D eigenvalue weighted by atomic mass is 10.1. The molecule has 0 aromatic heterocycles. The summed E-state index contributed by atoms with van der Waals surface area (Å²) in [6.45, 7) is 5.74. The van der Waals surface area contributed by atoms with Crippen LogP contribution in [0.25, 0.3) is 5.70 Å². The van der Waals surface area contributed by atoms with Gasteiger partial charge in [-0.25, -0.2) is 0 Å². The molecule has 4 heteroatoms. The number of carbonyl (C=O) groups is 1. The third kappa shape index (κ3) is 3.17. The molecule has 0 saturated carbocycles. The van der Waals surface area contributed by atoms with E-state index in [1.807, 2.05) is 19.1 Å². The summed E-state index contributed by atoms with van der Waals surface area (Å²) in [5, 5.41) is 9.68. The Hall–Kier alpha value is -2.75. The first-order valence-electron chi connectivity index (χ1n) is 6.18. The van der Waals surface area contributed by atoms with Crippen molar-refractivity contribution in [3.8, 4) is 5.75 Å². The van der Waals surface area contributed by atoms with Gasteiger partial charge in [-0.05, 0) is 31.2 Å². The van der Waals surface area contributed by atoms with E-state index in [1.165, 1.54) is 0 Å². The van der Waals surface area contributed by atoms with Crippen LogP contribution < -0.4 is 10.9 Å². The summed E-state index contributed by atoms with van der Waals surface area (Å²) in [6.07, 6.45) is 0. The van der Waals surface area contributed by atoms with Crippen molar-refractivity contribution >= 4 is 11.6 Å². The average Bonchev–Trinajstić information content (AvgIpc) is 2.45. The van der Waals surface area contributed by atoms with Gasteiger partial charge in [0.1, 0.15) is 5.75 Å². The molecule has 102 valence electrons. The van der Waals surface area contributed by atoms with Gasteiger partial charge in [0.25, 0.3) is 5.91 Å². The van der Waals surface area contributed by atoms with Gasteiger partial charge in [-0.1, -0.05) is 36.4 Å². The van der Waals surface area contributed by atoms with Crippen LogP contribution in [0.2, 0.25) is 0 Å². The number of aromatic hydroxyl groups is 1. The normalized spacial score (nSPS) is 9.85. The van der Waals surface area contributed by atoms with Crippen LogP contribution in [0.4, 0.5) is 0 Å². The molecule has 0 saturated heterocycles. The van der Waals surface area contributed by atoms with Crippen LogP contribution >= 0.6 is 0 Å². The summed E-state index contributed by atoms with van der Waals surface area (Å²) in [5.74, 6) is -0.156. The molecule has 20 heavy (non-hydrogen) atoms. The molecule has 1 amide bonds. The lowest BCUT2D eigenvalue weighted by molar-refractivity contribution is 0.0942. The number of aryl methyl sites for hydroxylation is 1. The van der Waals surface area contributed by atoms with E-state index >= 15 is 0 Å². The molecule has 0 aliphatic heterocycles. The van der Waals surface area contributed by atoms with Gasteiger partial charge >= 0.3 is 0 Å². The lowest BCUT2D eigenvalue weighted by Gasteiger charge is -2.12. The van der Waals surface area contributed by atoms with Crippen molar-refractivity contribution in [2.75, 3.05) is 0 Å². The zero-order chi connectivity index (χ0) is 14.5. The molecule has 2 aromatic rings. The van der Waals surface area contributed by atoms with Crippen molar-refractivity contribution < 1.29 is 9.90 Å². The zero-order valence-corrected chi connectivity index (χ0v) is 11.2. The summed E-state index contributed by atoms with van der Waals surface area (Å²) < 4.78 is 0. The quantitative estimate of drug-likeness (QED) is 0.747. The number of hydrazine groups is 1. The monoisotopic (exact) mass is 268 g/mol. The smallest absolute Gasteiger partial charge is 0.269 e. The molecule has 0 fully saturated rings. The number of amides is 1. The van der Waals surface area contributed by atoms with E-state index < -0.39 is 0 Å². The third-order valence-corrected chi connectivity index (χ3v) is 2.87. The van der Waals surface area contributed by atoms with Crippen LogP contribution in [0.1, 0.15) is 21.5 Å². The van der Waals surface area contributed by atoms with Gasteiger partial charge < -0.3 is 5.11 Å². The molecule has 4 nitrogen and oxygen atoms in total. The van der Waals surface area contributed by atoms with Crippen molar-refractivity contribution in [1.29, 1.82) is 0 Å². The second-order valence-corrected chi connectivity index (χ2v) is 4.44. The van der Waals surface area contributed by atoms with E-state index in [-0.39, 0.29) is 11.7 Å². The highest BCUT2D eigenvalue weighted by molar-refractivity contribution is 5.94. The largest absolute Gasteiger partial charge is 0.507 e. The first kappa shape index (κ1) is 13.7. The number of benzene rings is 2. The number of hydrogen-bond acceptors (Lipinski definition) is 3. The molecular formula is C16H16N2O2. The highest BCUT2D eigenvalue weighted by atomic mass is 16.3. The van der Waals surface area contributed by atoms with Crippen molar-refractivity contribution in [3.63, 3.8) is 0 Å². The predicted molar refractivity (Wildman–Crippen MR) is 78.9 cm³/mol. The van der Waals surface area contributed by atoms with Gasteiger partial charge in [-0.3, -0.25) is 15.6 Å². The molecule has 0 aliphatic carbocycles. The number of nitrogens with one attached hydrogen (secondary N) is 2. The van der Waals surface area contributed by atoms with Gasteiger partial charge in [-0.2, -0.15) is 0 Å². The fourth-order valence-electron chi connectivity index (χ4n) is 1.71. The van der Waals surface area contributed by atoms with Crippen LogP contribution in [-0.4, -0.2) is 11.0 Å². The molecule has 0 atom stereocenters. The SMILES string of the molecule is C=C(NNC(=O)c1ccc(C)cc1)c1ccccc1O. The fraction of sp³-hybridized carbons (Fsp3) is 0.0625. The second-order valence-electron chi connectivity index (χ2n) is 4.44. The molecule has 0 bridgehead atoms. The maximum Gasteiger partial charge on any atom is 0.269 e. The van der Waals surface area contributed by atoms with Crippen LogP contribution in [0, 0.1) is 6.92 Å². The van der Waals surface area contributed by atoms with Crippen molar-refractivity contribution in [1.82, 2.24) is 10.9 Å². The molecule has 0 unspecified atom stereocenters. The second kappa shape index (κ2) is 5.93.